The lowest BCUT2D eigenvalue weighted by Crippen LogP contribution is -2.16. The Bertz CT molecular complexity index is 1170. The van der Waals surface area contributed by atoms with E-state index in [1.54, 1.807) is 6.92 Å². The number of carbonyl (C=O) groups is 1. The number of carbonyl (C=O) groups excluding carboxylic acids is 1. The van der Waals surface area contributed by atoms with Gasteiger partial charge in [0.1, 0.15) is 0 Å². The molecule has 0 radical (unpaired) electrons. The summed E-state index contributed by atoms with van der Waals surface area (Å²) in [5.41, 5.74) is 8.95. The zero-order valence-electron chi connectivity index (χ0n) is 21.6. The van der Waals surface area contributed by atoms with E-state index in [9.17, 15) is 4.79 Å². The number of allylic oxidation sites excluding steroid dienone is 5. The second-order valence-electron chi connectivity index (χ2n) is 10.1. The highest BCUT2D eigenvalue weighted by Crippen LogP contribution is 2.37. The predicted molar refractivity (Wildman–Crippen MR) is 150 cm³/mol. The molecule has 0 aliphatic heterocycles. The van der Waals surface area contributed by atoms with Crippen molar-refractivity contribution in [3.8, 4) is 0 Å². The summed E-state index contributed by atoms with van der Waals surface area (Å²) >= 11 is 0. The Balaban J connectivity index is 1.68. The normalized spacial score (nSPS) is 19.3. The molecular weight excluding hydrogens is 426 g/mol. The molecule has 35 heavy (non-hydrogen) atoms. The molecule has 2 aromatic carbocycles. The highest BCUT2D eigenvalue weighted by atomic mass is 16.1. The van der Waals surface area contributed by atoms with E-state index in [2.05, 4.69) is 68.2 Å². The maximum absolute atomic E-state index is 12.2. The fourth-order valence-electron chi connectivity index (χ4n) is 5.53. The third-order valence-electron chi connectivity index (χ3n) is 7.43. The molecule has 1 N–H and O–H groups in total. The average molecular weight is 466 g/mol. The molecule has 1 unspecified atom stereocenters. The molecule has 0 bridgehead atoms. The Morgan fingerprint density at radius 2 is 1.80 bits per heavy atom. The van der Waals surface area contributed by atoms with Gasteiger partial charge >= 0.3 is 0 Å². The maximum atomic E-state index is 12.2. The van der Waals surface area contributed by atoms with E-state index >= 15 is 0 Å². The van der Waals surface area contributed by atoms with Crippen LogP contribution >= 0.6 is 0 Å². The van der Waals surface area contributed by atoms with Gasteiger partial charge in [-0.25, -0.2) is 0 Å². The highest BCUT2D eigenvalue weighted by Gasteiger charge is 2.22. The smallest absolute Gasteiger partial charge is 0.161 e. The van der Waals surface area contributed by atoms with Gasteiger partial charge in [0, 0.05) is 22.9 Å². The Hall–Kier alpha value is -3.13. The zero-order chi connectivity index (χ0) is 24.8. The number of anilines is 1. The average Bonchev–Trinajstić information content (AvgIpc) is 3.13. The minimum absolute atomic E-state index is 0.0597. The van der Waals surface area contributed by atoms with Crippen molar-refractivity contribution in [3.05, 3.63) is 107 Å². The molecule has 2 aliphatic rings. The number of rotatable bonds is 7. The molecule has 4 rings (SSSR count). The van der Waals surface area contributed by atoms with E-state index in [4.69, 9.17) is 0 Å². The molecule has 0 heterocycles. The van der Waals surface area contributed by atoms with E-state index < -0.39 is 0 Å². The quantitative estimate of drug-likeness (QED) is 0.251. The Morgan fingerprint density at radius 3 is 2.49 bits per heavy atom. The van der Waals surface area contributed by atoms with Crippen LogP contribution in [-0.2, 0) is 0 Å². The van der Waals surface area contributed by atoms with Gasteiger partial charge in [-0.1, -0.05) is 87.7 Å². The summed E-state index contributed by atoms with van der Waals surface area (Å²) < 4.78 is 0. The molecule has 182 valence electrons. The summed E-state index contributed by atoms with van der Waals surface area (Å²) in [6, 6.07) is 14.7. The van der Waals surface area contributed by atoms with Crippen LogP contribution < -0.4 is 5.32 Å². The lowest BCUT2D eigenvalue weighted by Gasteiger charge is -2.26. The van der Waals surface area contributed by atoms with Gasteiger partial charge in [-0.05, 0) is 85.1 Å². The van der Waals surface area contributed by atoms with Crippen LogP contribution in [0.3, 0.4) is 0 Å². The Labute approximate surface area is 211 Å². The SMILES string of the molecule is C=C1C=C(c2ccc(C3CCCCCC3)c(C)c2)C=C(Nc2ccccc2C(C)=O)C1/C=C\CC. The molecule has 1 saturated carbocycles. The van der Waals surface area contributed by atoms with E-state index in [1.807, 2.05) is 24.3 Å². The summed E-state index contributed by atoms with van der Waals surface area (Å²) in [4.78, 5) is 12.2. The van der Waals surface area contributed by atoms with Crippen molar-refractivity contribution in [2.24, 2.45) is 5.92 Å². The van der Waals surface area contributed by atoms with Crippen molar-refractivity contribution >= 4 is 17.0 Å². The molecule has 2 heteroatoms. The lowest BCUT2D eigenvalue weighted by molar-refractivity contribution is 0.101. The minimum Gasteiger partial charge on any atom is -0.358 e. The van der Waals surface area contributed by atoms with Gasteiger partial charge in [0.25, 0.3) is 0 Å². The molecule has 0 aromatic heterocycles. The molecule has 1 atom stereocenters. The van der Waals surface area contributed by atoms with Crippen molar-refractivity contribution in [3.63, 3.8) is 0 Å². The van der Waals surface area contributed by atoms with Crippen molar-refractivity contribution in [2.75, 3.05) is 5.32 Å². The number of hydrogen-bond donors (Lipinski definition) is 1. The Kier molecular flexibility index (Phi) is 8.23. The van der Waals surface area contributed by atoms with E-state index in [1.165, 1.54) is 55.2 Å². The number of nitrogens with one attached hydrogen (secondary N) is 1. The number of benzene rings is 2. The molecule has 1 fully saturated rings. The van der Waals surface area contributed by atoms with E-state index in [-0.39, 0.29) is 11.7 Å². The van der Waals surface area contributed by atoms with Crippen LogP contribution in [0, 0.1) is 12.8 Å². The molecule has 2 nitrogen and oxygen atoms in total. The minimum atomic E-state index is 0.0597. The topological polar surface area (TPSA) is 29.1 Å². The van der Waals surface area contributed by atoms with Crippen LogP contribution in [0.1, 0.15) is 91.8 Å². The summed E-state index contributed by atoms with van der Waals surface area (Å²) in [6.45, 7) is 10.4. The Morgan fingerprint density at radius 1 is 1.06 bits per heavy atom. The molecular formula is C33H39NO. The van der Waals surface area contributed by atoms with Crippen LogP contribution in [0.4, 0.5) is 5.69 Å². The van der Waals surface area contributed by atoms with Gasteiger partial charge in [0.15, 0.2) is 5.78 Å². The van der Waals surface area contributed by atoms with Gasteiger partial charge in [0.2, 0.25) is 0 Å². The molecule has 2 aromatic rings. The first-order chi connectivity index (χ1) is 17.0. The number of Topliss-reactive ketones (excluding diaryl/α,β-unsaturated/α-hetero) is 1. The third-order valence-corrected chi connectivity index (χ3v) is 7.43. The monoisotopic (exact) mass is 465 g/mol. The molecule has 0 amide bonds. The van der Waals surface area contributed by atoms with Crippen LogP contribution in [0.15, 0.2) is 84.6 Å². The highest BCUT2D eigenvalue weighted by molar-refractivity contribution is 6.00. The number of aryl methyl sites for hydroxylation is 1. The van der Waals surface area contributed by atoms with Gasteiger partial charge in [0.05, 0.1) is 0 Å². The van der Waals surface area contributed by atoms with E-state index in [0.717, 1.165) is 29.0 Å². The van der Waals surface area contributed by atoms with Crippen LogP contribution in [0.5, 0.6) is 0 Å². The van der Waals surface area contributed by atoms with Crippen LogP contribution in [0.25, 0.3) is 5.57 Å². The zero-order valence-corrected chi connectivity index (χ0v) is 21.6. The predicted octanol–water partition coefficient (Wildman–Crippen LogP) is 9.17. The van der Waals surface area contributed by atoms with Gasteiger partial charge in [-0.3, -0.25) is 4.79 Å². The second-order valence-corrected chi connectivity index (χ2v) is 10.1. The van der Waals surface area contributed by atoms with Crippen LogP contribution in [-0.4, -0.2) is 5.78 Å². The standard InChI is InChI=1S/C33H39NO/c1-5-6-15-30-24(3)21-28(22-33(30)34-32-17-12-11-16-31(32)25(4)35)27-18-19-29(23(2)20-27)26-13-9-7-8-10-14-26/h6,11-12,15-22,26,30,34H,3,5,7-10,13-14H2,1-2,4H3/b15-6-. The van der Waals surface area contributed by atoms with Gasteiger partial charge in [-0.2, -0.15) is 0 Å². The fourth-order valence-corrected chi connectivity index (χ4v) is 5.53. The maximum Gasteiger partial charge on any atom is 0.161 e. The van der Waals surface area contributed by atoms with Crippen molar-refractivity contribution in [1.29, 1.82) is 0 Å². The van der Waals surface area contributed by atoms with Crippen molar-refractivity contribution in [2.45, 2.75) is 71.6 Å². The number of hydrogen-bond acceptors (Lipinski definition) is 2. The second kappa shape index (κ2) is 11.5. The van der Waals surface area contributed by atoms with Crippen molar-refractivity contribution in [1.82, 2.24) is 0 Å². The molecule has 0 spiro atoms. The summed E-state index contributed by atoms with van der Waals surface area (Å²) in [5.74, 6) is 0.816. The number of ketones is 1. The summed E-state index contributed by atoms with van der Waals surface area (Å²) in [5, 5.41) is 3.59. The molecule has 2 aliphatic carbocycles. The first-order valence-corrected chi connectivity index (χ1v) is 13.2. The summed E-state index contributed by atoms with van der Waals surface area (Å²) in [7, 11) is 0. The first-order valence-electron chi connectivity index (χ1n) is 13.2. The third kappa shape index (κ3) is 5.93. The van der Waals surface area contributed by atoms with Crippen molar-refractivity contribution < 1.29 is 4.79 Å². The number of para-hydroxylation sites is 1. The van der Waals surface area contributed by atoms with E-state index in [0.29, 0.717) is 11.5 Å². The van der Waals surface area contributed by atoms with Crippen LogP contribution in [0.2, 0.25) is 0 Å². The lowest BCUT2D eigenvalue weighted by atomic mass is 9.83. The first kappa shape index (κ1) is 25.0. The summed E-state index contributed by atoms with van der Waals surface area (Å²) in [6.07, 6.45) is 17.9. The fraction of sp³-hybridized carbons (Fsp3) is 0.364. The molecule has 0 saturated heterocycles. The largest absolute Gasteiger partial charge is 0.358 e. The van der Waals surface area contributed by atoms with Gasteiger partial charge < -0.3 is 5.32 Å². The van der Waals surface area contributed by atoms with Gasteiger partial charge in [-0.15, -0.1) is 0 Å².